The number of benzene rings is 2. The average Bonchev–Trinajstić information content (AvgIpc) is 3.60. The molecular weight excluding hydrogens is 747 g/mol. The van der Waals surface area contributed by atoms with Crippen LogP contribution >= 0.6 is 0 Å². The third kappa shape index (κ3) is 6.21. The van der Waals surface area contributed by atoms with Crippen LogP contribution in [-0.2, 0) is 46.9 Å². The first kappa shape index (κ1) is 36.2. The number of pyridine rings is 1. The van der Waals surface area contributed by atoms with Crippen LogP contribution < -0.4 is 15.8 Å². The lowest BCUT2D eigenvalue weighted by molar-refractivity contribution is -0.142. The number of amides is 1. The Morgan fingerprint density at radius 1 is 1.11 bits per heavy atom. The van der Waals surface area contributed by atoms with Crippen LogP contribution in [0.25, 0.3) is 22.0 Å². The number of carbonyl (C=O) groups is 1. The van der Waals surface area contributed by atoms with Gasteiger partial charge in [0.1, 0.15) is 35.9 Å². The van der Waals surface area contributed by atoms with E-state index in [2.05, 4.69) is 37.1 Å². The fourth-order valence-corrected chi connectivity index (χ4v) is 7.36. The van der Waals surface area contributed by atoms with Crippen molar-refractivity contribution in [3.8, 4) is 29.0 Å². The topological polar surface area (TPSA) is 174 Å². The molecule has 0 aliphatic heterocycles. The highest BCUT2D eigenvalue weighted by Crippen LogP contribution is 2.58. The predicted molar refractivity (Wildman–Crippen MR) is 178 cm³/mol. The molecule has 4 N–H and O–H groups in total. The molecular formula is C34H24F7N9O3S. The van der Waals surface area contributed by atoms with Crippen LogP contribution in [0, 0.1) is 40.7 Å². The summed E-state index contributed by atoms with van der Waals surface area (Å²) < 4.78 is 130. The van der Waals surface area contributed by atoms with Crippen LogP contribution in [0.2, 0.25) is 0 Å². The van der Waals surface area contributed by atoms with Crippen molar-refractivity contribution in [3.05, 3.63) is 88.0 Å². The number of nitrogen functional groups attached to an aromatic ring is 1. The molecule has 20 heteroatoms. The van der Waals surface area contributed by atoms with E-state index in [9.17, 15) is 40.4 Å². The molecule has 7 rings (SSSR count). The summed E-state index contributed by atoms with van der Waals surface area (Å²) in [6.45, 7) is -1.16. The lowest BCUT2D eigenvalue weighted by atomic mass is 9.84. The second kappa shape index (κ2) is 12.5. The lowest BCUT2D eigenvalue weighted by Gasteiger charge is -2.24. The van der Waals surface area contributed by atoms with Crippen LogP contribution in [-0.4, -0.2) is 45.1 Å². The average molecular weight is 772 g/mol. The van der Waals surface area contributed by atoms with Gasteiger partial charge in [-0.25, -0.2) is 22.2 Å². The number of nitrogens with zero attached hydrogens (tertiary/aromatic N) is 6. The largest absolute Gasteiger partial charge is 0.435 e. The number of para-hydroxylation sites is 1. The Labute approximate surface area is 300 Å². The minimum atomic E-state index is -5.15. The zero-order chi connectivity index (χ0) is 39.1. The quantitative estimate of drug-likeness (QED) is 0.141. The number of anilines is 2. The maximum Gasteiger partial charge on any atom is 0.435 e. The van der Waals surface area contributed by atoms with Crippen molar-refractivity contribution < 1.29 is 43.9 Å². The zero-order valence-electron chi connectivity index (χ0n) is 27.7. The molecule has 2 aliphatic rings. The Hall–Kier alpha value is -6.15. The number of nitrogens with one attached hydrogen (secondary N) is 2. The van der Waals surface area contributed by atoms with Crippen LogP contribution in [0.15, 0.2) is 42.5 Å². The smallest absolute Gasteiger partial charge is 0.396 e. The first-order valence-corrected chi connectivity index (χ1v) is 17.6. The van der Waals surface area contributed by atoms with Gasteiger partial charge in [-0.05, 0) is 36.2 Å². The molecule has 278 valence electrons. The van der Waals surface area contributed by atoms with Gasteiger partial charge < -0.3 is 11.1 Å². The molecule has 0 unspecified atom stereocenters. The van der Waals surface area contributed by atoms with E-state index in [0.717, 1.165) is 18.4 Å². The second-order valence-electron chi connectivity index (χ2n) is 12.8. The number of hydrogen-bond donors (Lipinski definition) is 3. The molecule has 0 saturated heterocycles. The normalized spacial score (nSPS) is 17.5. The maximum atomic E-state index is 15.4. The Balaban J connectivity index is 1.36. The molecule has 3 aromatic heterocycles. The number of aryl methyl sites for hydroxylation is 1. The van der Waals surface area contributed by atoms with Crippen LogP contribution in [0.4, 0.5) is 42.2 Å². The molecule has 3 atom stereocenters. The Morgan fingerprint density at radius 2 is 1.81 bits per heavy atom. The first-order chi connectivity index (χ1) is 25.3. The summed E-state index contributed by atoms with van der Waals surface area (Å²) in [5.41, 5.74) is 2.68. The molecule has 0 radical (unpaired) electrons. The molecule has 3 heterocycles. The molecule has 0 saturated carbocycles. The maximum absolute atomic E-state index is 15.4. The fourth-order valence-electron chi connectivity index (χ4n) is 6.86. The number of carbonyl (C=O) groups excluding carboxylic acids is 1. The molecule has 2 aliphatic carbocycles. The number of fused-ring (bicyclic) bond motifs is 4. The Kier molecular flexibility index (Phi) is 8.37. The van der Waals surface area contributed by atoms with Gasteiger partial charge in [-0.2, -0.15) is 37.4 Å². The molecule has 0 bridgehead atoms. The van der Waals surface area contributed by atoms with Crippen LogP contribution in [0.3, 0.4) is 0 Å². The van der Waals surface area contributed by atoms with Crippen molar-refractivity contribution in [1.82, 2.24) is 29.9 Å². The van der Waals surface area contributed by atoms with Gasteiger partial charge in [0, 0.05) is 35.2 Å². The van der Waals surface area contributed by atoms with Crippen molar-refractivity contribution >= 4 is 38.3 Å². The van der Waals surface area contributed by atoms with Gasteiger partial charge in [-0.1, -0.05) is 24.0 Å². The monoisotopic (exact) mass is 771 g/mol. The number of nitrogens with two attached hydrogens (primary N) is 1. The van der Waals surface area contributed by atoms with Crippen molar-refractivity contribution in [2.24, 2.45) is 13.0 Å². The van der Waals surface area contributed by atoms with Gasteiger partial charge in [0.2, 0.25) is 15.9 Å². The molecule has 12 nitrogen and oxygen atoms in total. The second-order valence-corrected chi connectivity index (χ2v) is 14.5. The summed E-state index contributed by atoms with van der Waals surface area (Å²) in [6.07, 6.45) is -4.68. The molecule has 0 fully saturated rings. The van der Waals surface area contributed by atoms with E-state index >= 15 is 8.78 Å². The van der Waals surface area contributed by atoms with Gasteiger partial charge in [-0.15, -0.1) is 0 Å². The highest BCUT2D eigenvalue weighted by Gasteiger charge is 2.62. The molecule has 54 heavy (non-hydrogen) atoms. The van der Waals surface area contributed by atoms with Crippen molar-refractivity contribution in [3.63, 3.8) is 0 Å². The summed E-state index contributed by atoms with van der Waals surface area (Å²) >= 11 is 0. The minimum Gasteiger partial charge on any atom is -0.396 e. The third-order valence-corrected chi connectivity index (χ3v) is 9.51. The van der Waals surface area contributed by atoms with E-state index in [4.69, 9.17) is 5.73 Å². The first-order valence-electron chi connectivity index (χ1n) is 15.7. The van der Waals surface area contributed by atoms with Crippen molar-refractivity contribution in [2.75, 3.05) is 16.7 Å². The van der Waals surface area contributed by atoms with E-state index < -0.39 is 87.5 Å². The number of halogens is 7. The standard InChI is InChI=1S/C34H24F7N9O3S/c1-49-29-18(4-3-5-20(29)32(47-49)48-54(2,52)53)21-12-23(43)25(13-42)45-28(21)24(10-15-8-16(35)11-17(36)9-15)44-26(51)14-50-31-27(30(46-50)34(39,40)41)19-6-7-22(19)33(31,37)38/h3-5,8-9,11-12,19,22,24H,10,14,43H2,1-2H3,(H,44,51)(H,47,48)/t19-,22+,24-/m0/s1. The third-order valence-electron chi connectivity index (χ3n) is 8.95. The summed E-state index contributed by atoms with van der Waals surface area (Å²) in [5, 5.41) is 20.3. The minimum absolute atomic E-state index is 0.0427. The summed E-state index contributed by atoms with van der Waals surface area (Å²) in [5.74, 6) is -5.72. The van der Waals surface area contributed by atoms with Crippen LogP contribution in [0.5, 0.6) is 0 Å². The number of rotatable bonds is 9. The van der Waals surface area contributed by atoms with Gasteiger partial charge in [0.15, 0.2) is 17.2 Å². The van der Waals surface area contributed by atoms with E-state index in [1.54, 1.807) is 12.1 Å². The Bertz CT molecular complexity index is 2620. The predicted octanol–water partition coefficient (Wildman–Crippen LogP) is 4.88. The number of sulfonamides is 1. The van der Waals surface area contributed by atoms with Gasteiger partial charge in [0.25, 0.3) is 0 Å². The number of nitriles is 1. The number of aromatic nitrogens is 5. The summed E-state index contributed by atoms with van der Waals surface area (Å²) in [6, 6.07) is 8.82. The number of hydrogen-bond acceptors (Lipinski definition) is 8. The molecule has 5 aromatic rings. The SMILES string of the molecule is Cn1nc(NS(C)(=O)=O)c2cccc(-c3cc(N)c(C#N)nc3[C@H](Cc3cc(F)cc(F)c3)NC(=O)Cn3nc(C(F)(F)F)c4c3C(F)(F)[C@@H]3C#C[C@H]43)c21. The zero-order valence-corrected chi connectivity index (χ0v) is 28.5. The highest BCUT2D eigenvalue weighted by atomic mass is 32.2. The van der Waals surface area contributed by atoms with E-state index in [-0.39, 0.29) is 44.3 Å². The van der Waals surface area contributed by atoms with E-state index in [0.29, 0.717) is 17.0 Å². The number of alkyl halides is 5. The summed E-state index contributed by atoms with van der Waals surface area (Å²) in [4.78, 5) is 18.1. The van der Waals surface area contributed by atoms with Gasteiger partial charge in [-0.3, -0.25) is 18.9 Å². The Morgan fingerprint density at radius 3 is 2.43 bits per heavy atom. The lowest BCUT2D eigenvalue weighted by Crippen LogP contribution is -2.36. The van der Waals surface area contributed by atoms with Crippen molar-refractivity contribution in [1.29, 1.82) is 5.26 Å². The van der Waals surface area contributed by atoms with Crippen LogP contribution in [0.1, 0.15) is 45.9 Å². The fraction of sp³-hybridized carbons (Fsp3) is 0.265. The van der Waals surface area contributed by atoms with Gasteiger partial charge >= 0.3 is 12.1 Å². The van der Waals surface area contributed by atoms with Gasteiger partial charge in [0.05, 0.1) is 35.1 Å². The highest BCUT2D eigenvalue weighted by molar-refractivity contribution is 7.92. The summed E-state index contributed by atoms with van der Waals surface area (Å²) in [7, 11) is -2.30. The molecule has 2 aromatic carbocycles. The van der Waals surface area contributed by atoms with E-state index in [1.165, 1.54) is 23.9 Å². The molecule has 1 amide bonds. The van der Waals surface area contributed by atoms with Crippen molar-refractivity contribution in [2.45, 2.75) is 37.0 Å². The van der Waals surface area contributed by atoms with E-state index in [1.807, 2.05) is 6.07 Å². The molecule has 0 spiro atoms.